The molecule has 0 saturated carbocycles. The third kappa shape index (κ3) is 5.96. The van der Waals surface area contributed by atoms with Gasteiger partial charge in [-0.1, -0.05) is 172 Å². The molecule has 10 aromatic rings. The number of rotatable bonds is 7. The van der Waals surface area contributed by atoms with Crippen molar-refractivity contribution in [3.05, 3.63) is 223 Å². The van der Waals surface area contributed by atoms with Gasteiger partial charge in [-0.3, -0.25) is 0 Å². The number of hydrogen-bond acceptors (Lipinski definition) is 2. The zero-order valence-corrected chi connectivity index (χ0v) is 33.1. The molecule has 0 spiro atoms. The van der Waals surface area contributed by atoms with Crippen LogP contribution in [-0.4, -0.2) is 0 Å². The Morgan fingerprint density at radius 3 is 1.49 bits per heavy atom. The van der Waals surface area contributed by atoms with E-state index in [9.17, 15) is 0 Å². The number of benzene rings is 9. The average Bonchev–Trinajstić information content (AvgIpc) is 3.79. The predicted molar refractivity (Wildman–Crippen MR) is 248 cm³/mol. The number of nitrogens with zero attached hydrogens (tertiary/aromatic N) is 1. The monoisotopic (exact) mass is 755 g/mol. The Hall–Kier alpha value is -7.42. The highest BCUT2D eigenvalue weighted by atomic mass is 16.3. The van der Waals surface area contributed by atoms with Gasteiger partial charge in [-0.15, -0.1) is 0 Å². The van der Waals surface area contributed by atoms with Crippen LogP contribution in [-0.2, 0) is 5.41 Å². The van der Waals surface area contributed by atoms with Gasteiger partial charge in [0.1, 0.15) is 11.2 Å². The van der Waals surface area contributed by atoms with E-state index in [1.165, 1.54) is 55.6 Å². The normalized spacial score (nSPS) is 12.7. The van der Waals surface area contributed by atoms with Crippen LogP contribution >= 0.6 is 0 Å². The van der Waals surface area contributed by atoms with Crippen molar-refractivity contribution in [3.63, 3.8) is 0 Å². The van der Waals surface area contributed by atoms with Crippen LogP contribution in [0.5, 0.6) is 0 Å². The molecule has 1 aliphatic rings. The molecule has 1 heterocycles. The molecule has 0 saturated heterocycles. The molecule has 0 amide bonds. The highest BCUT2D eigenvalue weighted by Gasteiger charge is 2.35. The summed E-state index contributed by atoms with van der Waals surface area (Å²) < 4.78 is 6.41. The molecule has 9 aromatic carbocycles. The average molecular weight is 756 g/mol. The van der Waals surface area contributed by atoms with Crippen LogP contribution in [0.15, 0.2) is 217 Å². The Morgan fingerprint density at radius 2 is 0.831 bits per heavy atom. The van der Waals surface area contributed by atoms with E-state index in [1.54, 1.807) is 0 Å². The van der Waals surface area contributed by atoms with E-state index in [0.29, 0.717) is 0 Å². The molecule has 2 nitrogen and oxygen atoms in total. The molecule has 0 bridgehead atoms. The third-order valence-electron chi connectivity index (χ3n) is 12.3. The van der Waals surface area contributed by atoms with E-state index in [4.69, 9.17) is 4.42 Å². The van der Waals surface area contributed by atoms with Crippen molar-refractivity contribution in [2.45, 2.75) is 19.3 Å². The number of hydrogen-bond donors (Lipinski definition) is 0. The lowest BCUT2D eigenvalue weighted by Crippen LogP contribution is -2.15. The van der Waals surface area contributed by atoms with Crippen molar-refractivity contribution in [1.29, 1.82) is 0 Å². The quantitative estimate of drug-likeness (QED) is 0.161. The van der Waals surface area contributed by atoms with Gasteiger partial charge in [0.15, 0.2) is 0 Å². The molecule has 280 valence electrons. The second-order valence-corrected chi connectivity index (χ2v) is 16.1. The predicted octanol–water partition coefficient (Wildman–Crippen LogP) is 16.0. The van der Waals surface area contributed by atoms with Crippen molar-refractivity contribution in [2.24, 2.45) is 0 Å². The molecule has 11 rings (SSSR count). The lowest BCUT2D eigenvalue weighted by atomic mass is 9.81. The van der Waals surface area contributed by atoms with Gasteiger partial charge in [0.05, 0.1) is 0 Å². The van der Waals surface area contributed by atoms with E-state index in [0.717, 1.165) is 50.1 Å². The van der Waals surface area contributed by atoms with Crippen molar-refractivity contribution < 1.29 is 4.42 Å². The van der Waals surface area contributed by atoms with Gasteiger partial charge in [0.25, 0.3) is 0 Å². The molecule has 0 atom stereocenters. The molecule has 1 aromatic heterocycles. The lowest BCUT2D eigenvalue weighted by Gasteiger charge is -2.26. The van der Waals surface area contributed by atoms with Crippen LogP contribution in [0.3, 0.4) is 0 Å². The standard InChI is InChI=1S/C57H41NO/c1-57(2)53-35-27-43(36-52(53)49-34-26-44(37-54(49)57)39-14-7-4-8-15-39)41-22-30-46(31-23-41)58(45-28-20-40(21-29-45)38-12-5-3-6-13-38)47-32-24-42(25-33-47)48-17-11-18-51-50-16-9-10-19-55(50)59-56(48)51/h3-37H,1-2H3. The molecule has 0 N–H and O–H groups in total. The summed E-state index contributed by atoms with van der Waals surface area (Å²) in [6.07, 6.45) is 0. The summed E-state index contributed by atoms with van der Waals surface area (Å²) in [5, 5.41) is 2.27. The Balaban J connectivity index is 0.953. The molecule has 1 aliphatic carbocycles. The Kier molecular flexibility index (Phi) is 8.20. The smallest absolute Gasteiger partial charge is 0.143 e. The van der Waals surface area contributed by atoms with E-state index in [2.05, 4.69) is 219 Å². The summed E-state index contributed by atoms with van der Waals surface area (Å²) in [6.45, 7) is 4.71. The molecule has 0 fully saturated rings. The molecular formula is C57H41NO. The second kappa shape index (κ2) is 13.9. The molecule has 59 heavy (non-hydrogen) atoms. The van der Waals surface area contributed by atoms with Crippen LogP contribution in [0.1, 0.15) is 25.0 Å². The van der Waals surface area contributed by atoms with Crippen molar-refractivity contribution in [1.82, 2.24) is 0 Å². The summed E-state index contributed by atoms with van der Waals surface area (Å²) in [6, 6.07) is 76.7. The minimum absolute atomic E-state index is 0.0808. The number of furan rings is 1. The van der Waals surface area contributed by atoms with Gasteiger partial charge < -0.3 is 9.32 Å². The van der Waals surface area contributed by atoms with Crippen LogP contribution in [0.4, 0.5) is 17.1 Å². The Labute approximate surface area is 345 Å². The first-order chi connectivity index (χ1) is 29.0. The summed E-state index contributed by atoms with van der Waals surface area (Å²) >= 11 is 0. The summed E-state index contributed by atoms with van der Waals surface area (Å²) in [7, 11) is 0. The van der Waals surface area contributed by atoms with Crippen molar-refractivity contribution in [3.8, 4) is 55.6 Å². The van der Waals surface area contributed by atoms with Crippen LogP contribution in [0.2, 0.25) is 0 Å². The summed E-state index contributed by atoms with van der Waals surface area (Å²) in [5.74, 6) is 0. The van der Waals surface area contributed by atoms with Crippen LogP contribution in [0, 0.1) is 0 Å². The topological polar surface area (TPSA) is 16.4 Å². The zero-order chi connectivity index (χ0) is 39.5. The first-order valence-corrected chi connectivity index (χ1v) is 20.4. The molecule has 0 unspecified atom stereocenters. The first-order valence-electron chi connectivity index (χ1n) is 20.4. The fraction of sp³-hybridized carbons (Fsp3) is 0.0526. The minimum Gasteiger partial charge on any atom is -0.455 e. The van der Waals surface area contributed by atoms with Gasteiger partial charge in [-0.05, 0) is 116 Å². The van der Waals surface area contributed by atoms with Gasteiger partial charge in [0, 0.05) is 38.8 Å². The van der Waals surface area contributed by atoms with Crippen LogP contribution in [0.25, 0.3) is 77.6 Å². The summed E-state index contributed by atoms with van der Waals surface area (Å²) in [4.78, 5) is 2.34. The van der Waals surface area contributed by atoms with E-state index < -0.39 is 0 Å². The first kappa shape index (κ1) is 34.8. The lowest BCUT2D eigenvalue weighted by molar-refractivity contribution is 0.660. The Bertz CT molecular complexity index is 3140. The highest BCUT2D eigenvalue weighted by Crippen LogP contribution is 2.51. The SMILES string of the molecule is CC1(C)c2ccc(-c3ccc(N(c4ccc(-c5ccccc5)cc4)c4ccc(-c5cccc6c5oc5ccccc56)cc4)cc3)cc2-c2ccc(-c3ccccc3)cc21. The largest absolute Gasteiger partial charge is 0.455 e. The minimum atomic E-state index is -0.0808. The van der Waals surface area contributed by atoms with Crippen molar-refractivity contribution in [2.75, 3.05) is 4.90 Å². The number of fused-ring (bicyclic) bond motifs is 6. The van der Waals surface area contributed by atoms with E-state index >= 15 is 0 Å². The van der Waals surface area contributed by atoms with Gasteiger partial charge >= 0.3 is 0 Å². The molecule has 0 radical (unpaired) electrons. The highest BCUT2D eigenvalue weighted by molar-refractivity contribution is 6.09. The maximum absolute atomic E-state index is 6.41. The Morgan fingerprint density at radius 1 is 0.339 bits per heavy atom. The van der Waals surface area contributed by atoms with Crippen LogP contribution < -0.4 is 4.90 Å². The summed E-state index contributed by atoms with van der Waals surface area (Å²) in [5.41, 5.74) is 19.9. The van der Waals surface area contributed by atoms with E-state index in [1.807, 2.05) is 12.1 Å². The zero-order valence-electron chi connectivity index (χ0n) is 33.1. The fourth-order valence-corrected chi connectivity index (χ4v) is 9.19. The maximum Gasteiger partial charge on any atom is 0.143 e. The molecule has 0 aliphatic heterocycles. The fourth-order valence-electron chi connectivity index (χ4n) is 9.19. The number of anilines is 3. The second-order valence-electron chi connectivity index (χ2n) is 16.1. The van der Waals surface area contributed by atoms with E-state index in [-0.39, 0.29) is 5.41 Å². The third-order valence-corrected chi connectivity index (χ3v) is 12.3. The molecular weight excluding hydrogens is 715 g/mol. The van der Waals surface area contributed by atoms with Gasteiger partial charge in [0.2, 0.25) is 0 Å². The number of para-hydroxylation sites is 2. The maximum atomic E-state index is 6.41. The molecule has 2 heteroatoms. The van der Waals surface area contributed by atoms with Gasteiger partial charge in [-0.25, -0.2) is 0 Å². The van der Waals surface area contributed by atoms with Crippen molar-refractivity contribution >= 4 is 39.0 Å². The van der Waals surface area contributed by atoms with Gasteiger partial charge in [-0.2, -0.15) is 0 Å².